The van der Waals surface area contributed by atoms with Gasteiger partial charge in [0.2, 0.25) is 5.91 Å². The van der Waals surface area contributed by atoms with Gasteiger partial charge >= 0.3 is 10.2 Å². The number of carbonyl (C=O) groups is 1. The molecule has 2 heterocycles. The van der Waals surface area contributed by atoms with Crippen LogP contribution in [0.2, 0.25) is 0 Å². The van der Waals surface area contributed by atoms with Crippen LogP contribution in [0.5, 0.6) is 0 Å². The highest BCUT2D eigenvalue weighted by molar-refractivity contribution is 7.87. The first-order valence-electron chi connectivity index (χ1n) is 4.90. The summed E-state index contributed by atoms with van der Waals surface area (Å²) in [6.07, 6.45) is 2.50. The Morgan fingerprint density at radius 1 is 1.47 bits per heavy atom. The van der Waals surface area contributed by atoms with Crippen molar-refractivity contribution < 1.29 is 17.1 Å². The molecule has 1 aliphatic rings. The second-order valence-corrected chi connectivity index (χ2v) is 5.44. The molecule has 2 rings (SSSR count). The molecule has 1 aromatic heterocycles. The number of nitrogens with zero attached hydrogens (tertiary/aromatic N) is 3. The lowest BCUT2D eigenvalue weighted by atomic mass is 10.4. The maximum Gasteiger partial charge on any atom is 0.307 e. The number of aromatic nitrogens is 2. The van der Waals surface area contributed by atoms with Gasteiger partial charge in [0.15, 0.2) is 5.82 Å². The van der Waals surface area contributed by atoms with E-state index in [0.717, 1.165) is 4.90 Å². The fourth-order valence-corrected chi connectivity index (χ4v) is 2.33. The van der Waals surface area contributed by atoms with E-state index in [1.54, 1.807) is 6.92 Å². The lowest BCUT2D eigenvalue weighted by Crippen LogP contribution is -2.28. The lowest BCUT2D eigenvalue weighted by molar-refractivity contribution is -0.117. The minimum atomic E-state index is -4.70. The van der Waals surface area contributed by atoms with E-state index in [9.17, 15) is 17.1 Å². The molecule has 6 nitrogen and oxygen atoms in total. The third-order valence-electron chi connectivity index (χ3n) is 2.51. The largest absolute Gasteiger partial charge is 0.307 e. The highest BCUT2D eigenvalue weighted by atomic mass is 32.3. The molecule has 1 aliphatic heterocycles. The predicted octanol–water partition coefficient (Wildman–Crippen LogP) is 0.190. The Morgan fingerprint density at radius 2 is 2.18 bits per heavy atom. The van der Waals surface area contributed by atoms with Gasteiger partial charge in [-0.25, -0.2) is 4.98 Å². The average Bonchev–Trinajstić information content (AvgIpc) is 2.60. The van der Waals surface area contributed by atoms with Crippen LogP contribution in [0.25, 0.3) is 0 Å². The van der Waals surface area contributed by atoms with Crippen molar-refractivity contribution in [2.24, 2.45) is 0 Å². The van der Waals surface area contributed by atoms with Gasteiger partial charge < -0.3 is 0 Å². The van der Waals surface area contributed by atoms with E-state index in [1.807, 2.05) is 0 Å². The van der Waals surface area contributed by atoms with E-state index in [0.29, 0.717) is 5.69 Å². The fraction of sp³-hybridized carbons (Fsp3) is 0.444. The first kappa shape index (κ1) is 11.9. The molecule has 92 valence electrons. The van der Waals surface area contributed by atoms with Crippen LogP contribution in [0.1, 0.15) is 12.1 Å². The molecule has 1 unspecified atom stereocenters. The summed E-state index contributed by atoms with van der Waals surface area (Å²) in [4.78, 5) is 20.6. The van der Waals surface area contributed by atoms with E-state index < -0.39 is 21.4 Å². The number of anilines is 1. The number of aryl methyl sites for hydroxylation is 1. The first-order valence-corrected chi connectivity index (χ1v) is 6.35. The number of hydrogen-bond acceptors (Lipinski definition) is 5. The van der Waals surface area contributed by atoms with Gasteiger partial charge in [-0.05, 0) is 6.92 Å². The third kappa shape index (κ3) is 2.41. The van der Waals surface area contributed by atoms with Gasteiger partial charge in [0.1, 0.15) is 5.25 Å². The monoisotopic (exact) mass is 259 g/mol. The molecule has 1 saturated heterocycles. The summed E-state index contributed by atoms with van der Waals surface area (Å²) in [6, 6.07) is 0. The summed E-state index contributed by atoms with van der Waals surface area (Å²) >= 11 is 0. The zero-order valence-electron chi connectivity index (χ0n) is 9.00. The van der Waals surface area contributed by atoms with Crippen molar-refractivity contribution in [3.8, 4) is 0 Å². The summed E-state index contributed by atoms with van der Waals surface area (Å²) < 4.78 is 34.3. The van der Waals surface area contributed by atoms with Crippen LogP contribution in [0.15, 0.2) is 12.4 Å². The highest BCUT2D eigenvalue weighted by Gasteiger charge is 2.39. The van der Waals surface area contributed by atoms with Crippen molar-refractivity contribution in [1.82, 2.24) is 9.97 Å². The zero-order valence-corrected chi connectivity index (χ0v) is 9.82. The molecule has 17 heavy (non-hydrogen) atoms. The maximum absolute atomic E-state index is 12.8. The number of rotatable bonds is 2. The van der Waals surface area contributed by atoms with Gasteiger partial charge in [0, 0.05) is 19.2 Å². The molecule has 0 bridgehead atoms. The van der Waals surface area contributed by atoms with Crippen molar-refractivity contribution >= 4 is 21.9 Å². The summed E-state index contributed by atoms with van der Waals surface area (Å²) in [6.45, 7) is 1.48. The molecule has 0 saturated carbocycles. The Balaban J connectivity index is 2.28. The number of hydrogen-bond donors (Lipinski definition) is 0. The van der Waals surface area contributed by atoms with E-state index in [1.165, 1.54) is 12.4 Å². The molecule has 0 N–H and O–H groups in total. The van der Waals surface area contributed by atoms with E-state index >= 15 is 0 Å². The van der Waals surface area contributed by atoms with Crippen molar-refractivity contribution in [2.75, 3.05) is 11.4 Å². The summed E-state index contributed by atoms with van der Waals surface area (Å²) in [5, 5.41) is -1.31. The van der Waals surface area contributed by atoms with Gasteiger partial charge in [-0.1, -0.05) is 0 Å². The summed E-state index contributed by atoms with van der Waals surface area (Å²) in [5.41, 5.74) is 0.599. The Morgan fingerprint density at radius 3 is 2.71 bits per heavy atom. The van der Waals surface area contributed by atoms with Crippen molar-refractivity contribution in [3.05, 3.63) is 18.1 Å². The van der Waals surface area contributed by atoms with Gasteiger partial charge in [-0.3, -0.25) is 14.7 Å². The second kappa shape index (κ2) is 4.02. The number of halogens is 1. The van der Waals surface area contributed by atoms with Crippen LogP contribution in [0, 0.1) is 6.92 Å². The van der Waals surface area contributed by atoms with Crippen molar-refractivity contribution in [3.63, 3.8) is 0 Å². The highest BCUT2D eigenvalue weighted by Crippen LogP contribution is 2.23. The van der Waals surface area contributed by atoms with Gasteiger partial charge in [0.05, 0.1) is 11.9 Å². The van der Waals surface area contributed by atoms with E-state index in [2.05, 4.69) is 9.97 Å². The van der Waals surface area contributed by atoms with Crippen LogP contribution in [0.3, 0.4) is 0 Å². The molecule has 8 heteroatoms. The van der Waals surface area contributed by atoms with Crippen molar-refractivity contribution in [2.45, 2.75) is 18.6 Å². The molecule has 1 fully saturated rings. The molecule has 1 atom stereocenters. The van der Waals surface area contributed by atoms with Gasteiger partial charge in [-0.2, -0.15) is 8.42 Å². The van der Waals surface area contributed by atoms with Crippen LogP contribution < -0.4 is 4.90 Å². The fourth-order valence-electron chi connectivity index (χ4n) is 1.67. The molecule has 0 spiro atoms. The Hall–Kier alpha value is -1.57. The van der Waals surface area contributed by atoms with E-state index in [-0.39, 0.29) is 18.8 Å². The minimum Gasteiger partial charge on any atom is -0.294 e. The minimum absolute atomic E-state index is 0.212. The first-order chi connectivity index (χ1) is 7.88. The third-order valence-corrected chi connectivity index (χ3v) is 3.62. The molecular formula is C9H10FN3O3S. The van der Waals surface area contributed by atoms with Crippen molar-refractivity contribution in [1.29, 1.82) is 0 Å². The smallest absolute Gasteiger partial charge is 0.294 e. The van der Waals surface area contributed by atoms with Crippen LogP contribution in [0.4, 0.5) is 9.70 Å². The Bertz CT molecular complexity index is 560. The average molecular weight is 259 g/mol. The number of carbonyl (C=O) groups excluding carboxylic acids is 1. The molecule has 0 radical (unpaired) electrons. The summed E-state index contributed by atoms with van der Waals surface area (Å²) in [7, 11) is -4.70. The Labute approximate surface area is 97.7 Å². The molecule has 0 aromatic carbocycles. The SMILES string of the molecule is Cc1cncc(N2CC(S(=O)(=O)F)CC2=O)n1. The molecule has 0 aliphatic carbocycles. The second-order valence-electron chi connectivity index (χ2n) is 3.82. The Kier molecular flexibility index (Phi) is 2.82. The molecule has 1 aromatic rings. The van der Waals surface area contributed by atoms with Crippen LogP contribution >= 0.6 is 0 Å². The van der Waals surface area contributed by atoms with Gasteiger partial charge in [-0.15, -0.1) is 3.89 Å². The lowest BCUT2D eigenvalue weighted by Gasteiger charge is -2.14. The summed E-state index contributed by atoms with van der Waals surface area (Å²) in [5.74, 6) is -0.211. The zero-order chi connectivity index (χ0) is 12.6. The number of amides is 1. The normalized spacial score (nSPS) is 20.9. The van der Waals surface area contributed by atoms with Gasteiger partial charge in [0.25, 0.3) is 0 Å². The van der Waals surface area contributed by atoms with E-state index in [4.69, 9.17) is 0 Å². The van der Waals surface area contributed by atoms with Crippen LogP contribution in [-0.4, -0.2) is 36.1 Å². The topological polar surface area (TPSA) is 80.2 Å². The van der Waals surface area contributed by atoms with Crippen LogP contribution in [-0.2, 0) is 15.0 Å². The predicted molar refractivity (Wildman–Crippen MR) is 57.6 cm³/mol. The maximum atomic E-state index is 12.8. The molecular weight excluding hydrogens is 249 g/mol. The standard InChI is InChI=1S/C9H10FN3O3S/c1-6-3-11-4-8(12-6)13-5-7(2-9(13)14)17(10,15)16/h3-4,7H,2,5H2,1H3. The molecule has 1 amide bonds. The quantitative estimate of drug-likeness (QED) is 0.708.